The van der Waals surface area contributed by atoms with Gasteiger partial charge in [0.1, 0.15) is 17.5 Å². The fourth-order valence-corrected chi connectivity index (χ4v) is 6.19. The molecule has 43 heavy (non-hydrogen) atoms. The highest BCUT2D eigenvalue weighted by molar-refractivity contribution is 5.94. The summed E-state index contributed by atoms with van der Waals surface area (Å²) < 4.78 is 57.6. The Labute approximate surface area is 244 Å². The van der Waals surface area contributed by atoms with Crippen LogP contribution in [0.1, 0.15) is 55.2 Å². The Morgan fingerprint density at radius 1 is 1.16 bits per heavy atom. The number of hydrogen-bond donors (Lipinski definition) is 0. The minimum Gasteiger partial charge on any atom is -0.338 e. The van der Waals surface area contributed by atoms with Crippen LogP contribution in [0.4, 0.5) is 17.6 Å². The maximum atomic E-state index is 14.5. The molecule has 1 amide bonds. The van der Waals surface area contributed by atoms with E-state index < -0.39 is 34.7 Å². The molecule has 14 heteroatoms. The summed E-state index contributed by atoms with van der Waals surface area (Å²) in [4.78, 5) is 28.6. The van der Waals surface area contributed by atoms with Crippen LogP contribution in [0, 0.1) is 17.1 Å². The third-order valence-electron chi connectivity index (χ3n) is 8.47. The van der Waals surface area contributed by atoms with E-state index in [-0.39, 0.29) is 31.6 Å². The lowest BCUT2D eigenvalue weighted by Crippen LogP contribution is -2.66. The van der Waals surface area contributed by atoms with Crippen molar-refractivity contribution < 1.29 is 22.4 Å². The zero-order valence-electron chi connectivity index (χ0n) is 23.6. The van der Waals surface area contributed by atoms with Crippen molar-refractivity contribution in [2.45, 2.75) is 56.9 Å². The molecule has 2 saturated heterocycles. The van der Waals surface area contributed by atoms with E-state index in [1.807, 2.05) is 23.1 Å². The number of amides is 1. The molecule has 0 unspecified atom stereocenters. The number of hydrogen-bond acceptors (Lipinski definition) is 7. The molecule has 2 aliphatic rings. The lowest BCUT2D eigenvalue weighted by molar-refractivity contribution is -0.143. The molecule has 4 aromatic rings. The smallest absolute Gasteiger partial charge is 0.338 e. The van der Waals surface area contributed by atoms with Crippen molar-refractivity contribution in [3.05, 3.63) is 60.3 Å². The van der Waals surface area contributed by atoms with Gasteiger partial charge >= 0.3 is 6.18 Å². The van der Waals surface area contributed by atoms with Crippen LogP contribution in [0.25, 0.3) is 22.3 Å². The highest BCUT2D eigenvalue weighted by Crippen LogP contribution is 2.38. The summed E-state index contributed by atoms with van der Waals surface area (Å²) in [6.07, 6.45) is 4.42. The van der Waals surface area contributed by atoms with E-state index in [2.05, 4.69) is 49.4 Å². The Morgan fingerprint density at radius 3 is 2.58 bits per heavy atom. The van der Waals surface area contributed by atoms with Crippen LogP contribution in [-0.2, 0) is 11.7 Å². The number of carbonyl (C=O) groups is 1. The van der Waals surface area contributed by atoms with Crippen molar-refractivity contribution >= 4 is 16.9 Å². The highest BCUT2D eigenvalue weighted by Gasteiger charge is 2.48. The lowest BCUT2D eigenvalue weighted by atomic mass is 9.83. The number of piperidine rings is 1. The van der Waals surface area contributed by atoms with Gasteiger partial charge in [-0.15, -0.1) is 0 Å². The summed E-state index contributed by atoms with van der Waals surface area (Å²) in [5.41, 5.74) is -0.412. The van der Waals surface area contributed by atoms with Gasteiger partial charge in [-0.25, -0.2) is 19.3 Å². The molecule has 2 fully saturated rings. The number of pyridine rings is 1. The zero-order valence-corrected chi connectivity index (χ0v) is 23.6. The van der Waals surface area contributed by atoms with Crippen LogP contribution >= 0.6 is 0 Å². The maximum Gasteiger partial charge on any atom is 0.436 e. The maximum absolute atomic E-state index is 14.5. The number of fused-ring (bicyclic) bond motifs is 1. The molecule has 0 bridgehead atoms. The summed E-state index contributed by atoms with van der Waals surface area (Å²) in [5.74, 6) is -2.43. The van der Waals surface area contributed by atoms with E-state index in [4.69, 9.17) is 0 Å². The largest absolute Gasteiger partial charge is 0.436 e. The van der Waals surface area contributed by atoms with E-state index in [0.29, 0.717) is 25.9 Å². The van der Waals surface area contributed by atoms with Gasteiger partial charge < -0.3 is 9.47 Å². The number of nitrogens with zero attached hydrogens (tertiary/aromatic N) is 9. The molecule has 0 aliphatic carbocycles. The monoisotopic (exact) mass is 595 g/mol. The molecule has 2 aliphatic heterocycles. The minimum atomic E-state index is -4.99. The molecule has 0 aromatic carbocycles. The Hall–Kier alpha value is -4.38. The third kappa shape index (κ3) is 5.01. The van der Waals surface area contributed by atoms with Gasteiger partial charge in [-0.3, -0.25) is 14.4 Å². The molecule has 4 aromatic heterocycles. The van der Waals surface area contributed by atoms with Gasteiger partial charge in [-0.2, -0.15) is 23.5 Å². The average molecular weight is 596 g/mol. The first-order valence-electron chi connectivity index (χ1n) is 14.0. The molecular formula is C29H29F4N9O. The normalized spacial score (nSPS) is 17.8. The number of carbonyl (C=O) groups excluding carboxylic acids is 1. The Morgan fingerprint density at radius 2 is 1.91 bits per heavy atom. The van der Waals surface area contributed by atoms with E-state index in [0.717, 1.165) is 34.6 Å². The van der Waals surface area contributed by atoms with Crippen LogP contribution in [0.5, 0.6) is 0 Å². The Balaban J connectivity index is 1.13. The predicted octanol–water partition coefficient (Wildman–Crippen LogP) is 4.66. The van der Waals surface area contributed by atoms with Crippen molar-refractivity contribution in [2.75, 3.05) is 26.2 Å². The second-order valence-corrected chi connectivity index (χ2v) is 11.5. The second-order valence-electron chi connectivity index (χ2n) is 11.5. The van der Waals surface area contributed by atoms with Crippen molar-refractivity contribution in [1.82, 2.24) is 39.1 Å². The lowest BCUT2D eigenvalue weighted by Gasteiger charge is -2.53. The van der Waals surface area contributed by atoms with Crippen LogP contribution < -0.4 is 0 Å². The fourth-order valence-electron chi connectivity index (χ4n) is 6.19. The summed E-state index contributed by atoms with van der Waals surface area (Å²) in [5, 5.41) is 15.2. The Bertz CT molecular complexity index is 1710. The van der Waals surface area contributed by atoms with Crippen molar-refractivity contribution in [1.29, 1.82) is 5.26 Å². The number of nitriles is 1. The van der Waals surface area contributed by atoms with Crippen molar-refractivity contribution in [3.63, 3.8) is 0 Å². The standard InChI is InChI=1S/C29H29F4N9O/c1-18(2)41-12-6-22-24(36-17-37-26(22)41)19-13-38-42(14-19)28(7-8-34)15-40(16-28)20-4-10-39(11-5-20)27(43)21-3-9-35-25(23(21)30)29(31,32)33/h3,6,9,12-14,17-18,20H,4-5,7,10-11,15-16H2,1-2H3. The molecule has 0 radical (unpaired) electrons. The third-order valence-corrected chi connectivity index (χ3v) is 8.47. The molecule has 0 saturated carbocycles. The van der Waals surface area contributed by atoms with Gasteiger partial charge in [-0.1, -0.05) is 0 Å². The summed E-state index contributed by atoms with van der Waals surface area (Å²) in [6.45, 7) is 5.89. The molecule has 6 heterocycles. The zero-order chi connectivity index (χ0) is 30.5. The van der Waals surface area contributed by atoms with Crippen LogP contribution in [0.3, 0.4) is 0 Å². The van der Waals surface area contributed by atoms with E-state index in [1.165, 1.54) is 4.90 Å². The van der Waals surface area contributed by atoms with Crippen LogP contribution in [0.2, 0.25) is 0 Å². The number of likely N-dealkylation sites (tertiary alicyclic amines) is 2. The molecule has 0 N–H and O–H groups in total. The predicted molar refractivity (Wildman–Crippen MR) is 147 cm³/mol. The van der Waals surface area contributed by atoms with Crippen molar-refractivity contribution in [2.24, 2.45) is 0 Å². The van der Waals surface area contributed by atoms with Gasteiger partial charge in [0.2, 0.25) is 0 Å². The summed E-state index contributed by atoms with van der Waals surface area (Å²) >= 11 is 0. The van der Waals surface area contributed by atoms with Crippen molar-refractivity contribution in [3.8, 4) is 17.3 Å². The first-order valence-corrected chi connectivity index (χ1v) is 14.0. The van der Waals surface area contributed by atoms with Crippen LogP contribution in [0.15, 0.2) is 43.2 Å². The number of rotatable bonds is 6. The molecule has 0 atom stereocenters. The summed E-state index contributed by atoms with van der Waals surface area (Å²) in [6, 6.07) is 5.62. The highest BCUT2D eigenvalue weighted by atomic mass is 19.4. The van der Waals surface area contributed by atoms with Gasteiger partial charge in [0.05, 0.1) is 29.9 Å². The van der Waals surface area contributed by atoms with Gasteiger partial charge in [-0.05, 0) is 38.8 Å². The molecule has 0 spiro atoms. The quantitative estimate of drug-likeness (QED) is 0.299. The topological polar surface area (TPSA) is 109 Å². The fraction of sp³-hybridized carbons (Fsp3) is 0.448. The average Bonchev–Trinajstić information content (AvgIpc) is 3.62. The molecule has 6 rings (SSSR count). The summed E-state index contributed by atoms with van der Waals surface area (Å²) in [7, 11) is 0. The second kappa shape index (κ2) is 10.7. The number of aromatic nitrogens is 6. The number of halogens is 4. The van der Waals surface area contributed by atoms with Gasteiger partial charge in [0, 0.05) is 67.8 Å². The SMILES string of the molecule is CC(C)n1ccc2c(-c3cnn(C4(CC#N)CN(C5CCN(C(=O)c6ccnc(C(F)(F)F)c6F)CC5)C4)c3)ncnc21. The Kier molecular flexibility index (Phi) is 7.16. The van der Waals surface area contributed by atoms with Gasteiger partial charge in [0.15, 0.2) is 11.5 Å². The first kappa shape index (κ1) is 28.7. The number of alkyl halides is 3. The molecule has 224 valence electrons. The molecule has 10 nitrogen and oxygen atoms in total. The van der Waals surface area contributed by atoms with E-state index in [1.54, 1.807) is 12.5 Å². The van der Waals surface area contributed by atoms with Gasteiger partial charge in [0.25, 0.3) is 5.91 Å². The molecular weight excluding hydrogens is 566 g/mol. The minimum absolute atomic E-state index is 0.108. The first-order chi connectivity index (χ1) is 20.5. The van der Waals surface area contributed by atoms with Crippen LogP contribution in [-0.4, -0.2) is 77.2 Å². The van der Waals surface area contributed by atoms with E-state index in [9.17, 15) is 27.6 Å². The van der Waals surface area contributed by atoms with E-state index >= 15 is 0 Å².